The van der Waals surface area contributed by atoms with Crippen LogP contribution in [0.3, 0.4) is 0 Å². The summed E-state index contributed by atoms with van der Waals surface area (Å²) < 4.78 is 0. The number of rotatable bonds is 0. The molecule has 3 N–H and O–H groups in total. The van der Waals surface area contributed by atoms with Crippen molar-refractivity contribution < 1.29 is 4.79 Å². The molecular weight excluding hydrogens is 166 g/mol. The average Bonchev–Trinajstić information content (AvgIpc) is 2.09. The van der Waals surface area contributed by atoms with E-state index in [4.69, 9.17) is 5.73 Å². The second kappa shape index (κ2) is 2.81. The molecular formula is C9H11N3O. The number of aromatic nitrogens is 1. The van der Waals surface area contributed by atoms with Crippen LogP contribution in [0.15, 0.2) is 12.3 Å². The van der Waals surface area contributed by atoms with Crippen molar-refractivity contribution in [1.82, 2.24) is 4.98 Å². The van der Waals surface area contributed by atoms with Crippen molar-refractivity contribution in [2.24, 2.45) is 5.73 Å². The van der Waals surface area contributed by atoms with Gasteiger partial charge in [-0.3, -0.25) is 4.79 Å². The highest BCUT2D eigenvalue weighted by Crippen LogP contribution is 2.21. The lowest BCUT2D eigenvalue weighted by Crippen LogP contribution is -2.41. The summed E-state index contributed by atoms with van der Waals surface area (Å²) in [4.78, 5) is 15.3. The van der Waals surface area contributed by atoms with Crippen LogP contribution in [0.25, 0.3) is 0 Å². The zero-order valence-electron chi connectivity index (χ0n) is 7.37. The number of carbonyl (C=O) groups is 1. The van der Waals surface area contributed by atoms with Crippen molar-refractivity contribution in [3.05, 3.63) is 23.4 Å². The topological polar surface area (TPSA) is 68.0 Å². The van der Waals surface area contributed by atoms with E-state index in [9.17, 15) is 4.79 Å². The molecule has 0 saturated carbocycles. The van der Waals surface area contributed by atoms with E-state index in [-0.39, 0.29) is 5.91 Å². The number of pyridine rings is 1. The van der Waals surface area contributed by atoms with Crippen LogP contribution in [0.1, 0.15) is 11.1 Å². The molecule has 68 valence electrons. The van der Waals surface area contributed by atoms with Crippen LogP contribution in [-0.4, -0.2) is 16.9 Å². The minimum Gasteiger partial charge on any atom is -0.320 e. The maximum atomic E-state index is 11.2. The normalized spacial score (nSPS) is 20.8. The Hall–Kier alpha value is -1.42. The molecule has 0 spiro atoms. The Labute approximate surface area is 76.2 Å². The predicted octanol–water partition coefficient (Wildman–Crippen LogP) is 0.212. The number of hydrogen-bond acceptors (Lipinski definition) is 3. The Morgan fingerprint density at radius 1 is 1.69 bits per heavy atom. The van der Waals surface area contributed by atoms with Crippen molar-refractivity contribution in [2.75, 3.05) is 5.32 Å². The van der Waals surface area contributed by atoms with Gasteiger partial charge in [0.25, 0.3) is 0 Å². The third-order valence-electron chi connectivity index (χ3n) is 2.29. The molecule has 0 aromatic carbocycles. The fraction of sp³-hybridized carbons (Fsp3) is 0.333. The first-order valence-electron chi connectivity index (χ1n) is 4.19. The van der Waals surface area contributed by atoms with Gasteiger partial charge in [-0.15, -0.1) is 0 Å². The van der Waals surface area contributed by atoms with Crippen molar-refractivity contribution in [3.8, 4) is 0 Å². The lowest BCUT2D eigenvalue weighted by Gasteiger charge is -2.21. The minimum atomic E-state index is -0.435. The first kappa shape index (κ1) is 8.19. The van der Waals surface area contributed by atoms with Gasteiger partial charge in [0.2, 0.25) is 5.91 Å². The third-order valence-corrected chi connectivity index (χ3v) is 2.29. The standard InChI is InChI=1S/C9H11N3O/c1-5-2-3-11-8-6(5)4-7(10)9(13)12-8/h2-3,7H,4,10H2,1H3,(H,11,12,13). The molecule has 0 aliphatic carbocycles. The summed E-state index contributed by atoms with van der Waals surface area (Å²) in [6.45, 7) is 1.99. The molecule has 2 rings (SSSR count). The number of nitrogens with two attached hydrogens (primary N) is 1. The highest BCUT2D eigenvalue weighted by atomic mass is 16.2. The molecule has 1 unspecified atom stereocenters. The largest absolute Gasteiger partial charge is 0.320 e. The monoisotopic (exact) mass is 177 g/mol. The summed E-state index contributed by atoms with van der Waals surface area (Å²) in [7, 11) is 0. The molecule has 2 heterocycles. The van der Waals surface area contributed by atoms with E-state index in [2.05, 4.69) is 10.3 Å². The number of amides is 1. The summed E-state index contributed by atoms with van der Waals surface area (Å²) in [6, 6.07) is 1.48. The van der Waals surface area contributed by atoms with Crippen molar-refractivity contribution >= 4 is 11.7 Å². The molecule has 1 aromatic rings. The van der Waals surface area contributed by atoms with Gasteiger partial charge in [0.15, 0.2) is 0 Å². The molecule has 1 aromatic heterocycles. The fourth-order valence-electron chi connectivity index (χ4n) is 1.48. The molecule has 1 aliphatic heterocycles. The SMILES string of the molecule is Cc1ccnc2c1CC(N)C(=O)N2. The Bertz CT molecular complexity index is 362. The molecule has 4 heteroatoms. The van der Waals surface area contributed by atoms with Crippen LogP contribution in [0.4, 0.5) is 5.82 Å². The fourth-order valence-corrected chi connectivity index (χ4v) is 1.48. The minimum absolute atomic E-state index is 0.148. The molecule has 4 nitrogen and oxygen atoms in total. The summed E-state index contributed by atoms with van der Waals surface area (Å²) in [6.07, 6.45) is 2.27. The van der Waals surface area contributed by atoms with Crippen LogP contribution >= 0.6 is 0 Å². The zero-order chi connectivity index (χ0) is 9.42. The van der Waals surface area contributed by atoms with E-state index in [0.29, 0.717) is 12.2 Å². The van der Waals surface area contributed by atoms with Crippen LogP contribution in [0.2, 0.25) is 0 Å². The van der Waals surface area contributed by atoms with E-state index < -0.39 is 6.04 Å². The number of anilines is 1. The predicted molar refractivity (Wildman–Crippen MR) is 49.3 cm³/mol. The van der Waals surface area contributed by atoms with Gasteiger partial charge < -0.3 is 11.1 Å². The summed E-state index contributed by atoms with van der Waals surface area (Å²) in [5, 5.41) is 2.68. The van der Waals surface area contributed by atoms with Crippen molar-refractivity contribution in [1.29, 1.82) is 0 Å². The van der Waals surface area contributed by atoms with Gasteiger partial charge in [-0.25, -0.2) is 4.98 Å². The molecule has 0 bridgehead atoms. The van der Waals surface area contributed by atoms with Crippen LogP contribution in [-0.2, 0) is 11.2 Å². The van der Waals surface area contributed by atoms with Gasteiger partial charge in [0, 0.05) is 12.6 Å². The van der Waals surface area contributed by atoms with Crippen LogP contribution in [0.5, 0.6) is 0 Å². The van der Waals surface area contributed by atoms with Gasteiger partial charge in [0.05, 0.1) is 6.04 Å². The Morgan fingerprint density at radius 2 is 2.46 bits per heavy atom. The van der Waals surface area contributed by atoms with Gasteiger partial charge in [-0.2, -0.15) is 0 Å². The molecule has 1 amide bonds. The second-order valence-corrected chi connectivity index (χ2v) is 3.25. The molecule has 13 heavy (non-hydrogen) atoms. The Balaban J connectivity index is 2.48. The smallest absolute Gasteiger partial charge is 0.242 e. The zero-order valence-corrected chi connectivity index (χ0v) is 7.37. The highest BCUT2D eigenvalue weighted by molar-refractivity contribution is 5.97. The van der Waals surface area contributed by atoms with Crippen molar-refractivity contribution in [2.45, 2.75) is 19.4 Å². The maximum absolute atomic E-state index is 11.2. The first-order valence-corrected chi connectivity index (χ1v) is 4.19. The van der Waals surface area contributed by atoms with Crippen LogP contribution < -0.4 is 11.1 Å². The van der Waals surface area contributed by atoms with E-state index in [1.165, 1.54) is 0 Å². The average molecular weight is 177 g/mol. The third kappa shape index (κ3) is 1.29. The molecule has 1 atom stereocenters. The van der Waals surface area contributed by atoms with E-state index in [1.54, 1.807) is 6.20 Å². The summed E-state index contributed by atoms with van der Waals surface area (Å²) >= 11 is 0. The number of carbonyl (C=O) groups excluding carboxylic acids is 1. The number of hydrogen-bond donors (Lipinski definition) is 2. The quantitative estimate of drug-likeness (QED) is 0.595. The lowest BCUT2D eigenvalue weighted by atomic mass is 9.99. The van der Waals surface area contributed by atoms with E-state index >= 15 is 0 Å². The van der Waals surface area contributed by atoms with Gasteiger partial charge >= 0.3 is 0 Å². The number of nitrogens with one attached hydrogen (secondary N) is 1. The van der Waals surface area contributed by atoms with Gasteiger partial charge in [0.1, 0.15) is 5.82 Å². The number of nitrogens with zero attached hydrogens (tertiary/aromatic N) is 1. The van der Waals surface area contributed by atoms with Gasteiger partial charge in [-0.1, -0.05) is 0 Å². The molecule has 1 aliphatic rings. The van der Waals surface area contributed by atoms with E-state index in [1.807, 2.05) is 13.0 Å². The lowest BCUT2D eigenvalue weighted by molar-refractivity contribution is -0.117. The van der Waals surface area contributed by atoms with Crippen LogP contribution in [0, 0.1) is 6.92 Å². The summed E-state index contributed by atoms with van der Waals surface area (Å²) in [5.74, 6) is 0.511. The Kier molecular flexibility index (Phi) is 1.77. The van der Waals surface area contributed by atoms with Gasteiger partial charge in [-0.05, 0) is 24.1 Å². The Morgan fingerprint density at radius 3 is 3.23 bits per heavy atom. The highest BCUT2D eigenvalue weighted by Gasteiger charge is 2.24. The second-order valence-electron chi connectivity index (χ2n) is 3.25. The number of fused-ring (bicyclic) bond motifs is 1. The van der Waals surface area contributed by atoms with Crippen molar-refractivity contribution in [3.63, 3.8) is 0 Å². The van der Waals surface area contributed by atoms with E-state index in [0.717, 1.165) is 11.1 Å². The first-order chi connectivity index (χ1) is 6.18. The number of aryl methyl sites for hydroxylation is 1. The molecule has 0 fully saturated rings. The molecule has 0 saturated heterocycles. The summed E-state index contributed by atoms with van der Waals surface area (Å²) in [5.41, 5.74) is 7.80. The molecule has 0 radical (unpaired) electrons. The maximum Gasteiger partial charge on any atom is 0.242 e.